The summed E-state index contributed by atoms with van der Waals surface area (Å²) in [5.74, 6) is -0.375. The van der Waals surface area contributed by atoms with Crippen LogP contribution in [0.5, 0.6) is 0 Å². The molecule has 0 bridgehead atoms. The fraction of sp³-hybridized carbons (Fsp3) is 0.0800. The second kappa shape index (κ2) is 9.53. The molecule has 1 amide bonds. The molecule has 0 fully saturated rings. The van der Waals surface area contributed by atoms with Gasteiger partial charge in [-0.3, -0.25) is 9.78 Å². The van der Waals surface area contributed by atoms with Crippen LogP contribution in [0.3, 0.4) is 0 Å². The first-order valence-electron chi connectivity index (χ1n) is 10.6. The summed E-state index contributed by atoms with van der Waals surface area (Å²) in [6.45, 7) is 1.78. The lowest BCUT2D eigenvalue weighted by molar-refractivity contribution is 0.102. The molecule has 4 rings (SSSR count). The second-order valence-electron chi connectivity index (χ2n) is 7.88. The smallest absolute Gasteiger partial charge is 0.257 e. The van der Waals surface area contributed by atoms with Gasteiger partial charge in [-0.15, -0.1) is 0 Å². The van der Waals surface area contributed by atoms with Gasteiger partial charge in [-0.25, -0.2) is 13.6 Å². The van der Waals surface area contributed by atoms with Crippen molar-refractivity contribution in [2.24, 2.45) is 16.0 Å². The van der Waals surface area contributed by atoms with Gasteiger partial charge in [-0.1, -0.05) is 41.6 Å². The topological polar surface area (TPSA) is 161 Å². The normalized spacial score (nSPS) is 15.1. The molecule has 9 nitrogen and oxygen atoms in total. The summed E-state index contributed by atoms with van der Waals surface area (Å²) in [5.41, 5.74) is 10.6. The Morgan fingerprint density at radius 3 is 2.49 bits per heavy atom. The van der Waals surface area contributed by atoms with Crippen molar-refractivity contribution < 1.29 is 18.4 Å². The summed E-state index contributed by atoms with van der Waals surface area (Å²) < 4.78 is 23.8. The minimum atomic E-state index is -3.89. The number of hydrogen-bond acceptors (Lipinski definition) is 7. The van der Waals surface area contributed by atoms with E-state index in [-0.39, 0.29) is 10.8 Å². The van der Waals surface area contributed by atoms with Crippen molar-refractivity contribution in [1.82, 2.24) is 4.98 Å². The number of nitrogens with two attached hydrogens (primary N) is 2. The summed E-state index contributed by atoms with van der Waals surface area (Å²) >= 11 is 0. The Morgan fingerprint density at radius 2 is 1.80 bits per heavy atom. The average molecular weight is 490 g/mol. The van der Waals surface area contributed by atoms with Crippen LogP contribution in [-0.4, -0.2) is 30.2 Å². The molecule has 35 heavy (non-hydrogen) atoms. The molecular formula is C25H23N5O4S. The third-order valence-electron chi connectivity index (χ3n) is 5.69. The van der Waals surface area contributed by atoms with Crippen LogP contribution in [0.2, 0.25) is 0 Å². The summed E-state index contributed by atoms with van der Waals surface area (Å²) in [6.07, 6.45) is 3.72. The Kier molecular flexibility index (Phi) is 6.50. The molecule has 1 aliphatic carbocycles. The Morgan fingerprint density at radius 1 is 1.09 bits per heavy atom. The van der Waals surface area contributed by atoms with Crippen molar-refractivity contribution in [1.29, 1.82) is 0 Å². The van der Waals surface area contributed by atoms with Crippen LogP contribution in [0, 0.1) is 0 Å². The third-order valence-corrected chi connectivity index (χ3v) is 6.66. The van der Waals surface area contributed by atoms with Crippen LogP contribution in [0.25, 0.3) is 16.7 Å². The zero-order valence-electron chi connectivity index (χ0n) is 18.8. The number of allylic oxidation sites excluding steroid dienone is 4. The lowest BCUT2D eigenvalue weighted by atomic mass is 9.90. The number of sulfonamides is 1. The number of carbonyl (C=O) groups is 1. The maximum Gasteiger partial charge on any atom is 0.257 e. The first kappa shape index (κ1) is 23.9. The molecule has 0 aliphatic heterocycles. The fourth-order valence-electron chi connectivity index (χ4n) is 3.88. The van der Waals surface area contributed by atoms with Gasteiger partial charge < -0.3 is 16.3 Å². The van der Waals surface area contributed by atoms with Gasteiger partial charge in [0.15, 0.2) is 0 Å². The molecule has 1 aliphatic rings. The molecule has 6 N–H and O–H groups in total. The number of aromatic nitrogens is 1. The number of amides is 1. The van der Waals surface area contributed by atoms with Crippen LogP contribution in [0.1, 0.15) is 29.4 Å². The number of nitrogens with zero attached hydrogens (tertiary/aromatic N) is 2. The van der Waals surface area contributed by atoms with E-state index >= 15 is 0 Å². The van der Waals surface area contributed by atoms with Gasteiger partial charge in [0.2, 0.25) is 10.0 Å². The number of hydrogen-bond donors (Lipinski definition) is 4. The molecule has 0 radical (unpaired) electrons. The van der Waals surface area contributed by atoms with E-state index in [9.17, 15) is 13.2 Å². The zero-order chi connectivity index (χ0) is 25.2. The van der Waals surface area contributed by atoms with E-state index in [4.69, 9.17) is 16.1 Å². The van der Waals surface area contributed by atoms with E-state index in [1.54, 1.807) is 67.7 Å². The van der Waals surface area contributed by atoms with Crippen molar-refractivity contribution in [2.75, 3.05) is 5.32 Å². The van der Waals surface area contributed by atoms with Gasteiger partial charge in [0.25, 0.3) is 5.91 Å². The number of benzene rings is 2. The monoisotopic (exact) mass is 489 g/mol. The Labute approximate surface area is 202 Å². The number of anilines is 1. The van der Waals surface area contributed by atoms with Gasteiger partial charge >= 0.3 is 0 Å². The first-order valence-corrected chi connectivity index (χ1v) is 12.1. The summed E-state index contributed by atoms with van der Waals surface area (Å²) in [5, 5.41) is 20.5. The number of primary sulfonamides is 1. The van der Waals surface area contributed by atoms with Crippen LogP contribution in [0.4, 0.5) is 5.69 Å². The van der Waals surface area contributed by atoms with Crippen LogP contribution in [-0.2, 0) is 10.0 Å². The van der Waals surface area contributed by atoms with Gasteiger partial charge in [-0.05, 0) is 48.4 Å². The molecule has 178 valence electrons. The number of rotatable bonds is 5. The highest BCUT2D eigenvalue weighted by atomic mass is 32.2. The van der Waals surface area contributed by atoms with Gasteiger partial charge in [0, 0.05) is 29.4 Å². The van der Waals surface area contributed by atoms with Crippen molar-refractivity contribution in [3.05, 3.63) is 95.5 Å². The predicted molar refractivity (Wildman–Crippen MR) is 134 cm³/mol. The maximum atomic E-state index is 13.1. The molecule has 2 aromatic carbocycles. The van der Waals surface area contributed by atoms with Crippen LogP contribution >= 0.6 is 0 Å². The Bertz CT molecular complexity index is 1510. The molecule has 0 atom stereocenters. The molecule has 10 heteroatoms. The molecule has 0 spiro atoms. The Balaban J connectivity index is 1.61. The molecule has 0 saturated heterocycles. The van der Waals surface area contributed by atoms with Gasteiger partial charge in [0.05, 0.1) is 21.8 Å². The number of pyridine rings is 1. The molecule has 1 heterocycles. The first-order chi connectivity index (χ1) is 16.7. The largest absolute Gasteiger partial charge is 0.411 e. The summed E-state index contributed by atoms with van der Waals surface area (Å²) in [4.78, 5) is 17.6. The molecular weight excluding hydrogens is 466 g/mol. The van der Waals surface area contributed by atoms with Gasteiger partial charge in [-0.2, -0.15) is 0 Å². The minimum absolute atomic E-state index is 0.0228. The minimum Gasteiger partial charge on any atom is -0.411 e. The lowest BCUT2D eigenvalue weighted by Crippen LogP contribution is -2.20. The lowest BCUT2D eigenvalue weighted by Gasteiger charge is -2.19. The van der Waals surface area contributed by atoms with Crippen molar-refractivity contribution >= 4 is 32.9 Å². The van der Waals surface area contributed by atoms with E-state index in [0.29, 0.717) is 57.0 Å². The zero-order valence-corrected chi connectivity index (χ0v) is 19.6. The van der Waals surface area contributed by atoms with Crippen LogP contribution in [0.15, 0.2) is 94.3 Å². The fourth-order valence-corrected chi connectivity index (χ4v) is 4.64. The van der Waals surface area contributed by atoms with Crippen molar-refractivity contribution in [3.8, 4) is 11.1 Å². The van der Waals surface area contributed by atoms with Crippen molar-refractivity contribution in [3.63, 3.8) is 0 Å². The highest BCUT2D eigenvalue weighted by molar-refractivity contribution is 7.89. The van der Waals surface area contributed by atoms with E-state index in [1.165, 1.54) is 6.07 Å². The predicted octanol–water partition coefficient (Wildman–Crippen LogP) is 3.50. The standard InChI is InChI=1S/C25H23N5O4S/c1-15-18(12-13-21(30-32)23(15)26)24-20(6-4-14-28-24)25(31)29-17-10-8-16(9-11-17)19-5-2-3-7-22(19)35(27,33)34/h2-12,14,32H,13,26H2,1H3,(H,29,31)(H2,27,33,34). The number of nitrogens with one attached hydrogen (secondary N) is 1. The van der Waals surface area contributed by atoms with E-state index < -0.39 is 10.0 Å². The second-order valence-corrected chi connectivity index (χ2v) is 9.41. The average Bonchev–Trinajstić information content (AvgIpc) is 2.85. The molecule has 0 unspecified atom stereocenters. The summed E-state index contributed by atoms with van der Waals surface area (Å²) in [7, 11) is -3.89. The highest BCUT2D eigenvalue weighted by Crippen LogP contribution is 2.31. The highest BCUT2D eigenvalue weighted by Gasteiger charge is 2.23. The molecule has 1 aromatic heterocycles. The van der Waals surface area contributed by atoms with E-state index in [2.05, 4.69) is 15.5 Å². The van der Waals surface area contributed by atoms with Gasteiger partial charge in [0.1, 0.15) is 5.71 Å². The maximum absolute atomic E-state index is 13.1. The van der Waals surface area contributed by atoms with Crippen molar-refractivity contribution in [2.45, 2.75) is 18.2 Å². The molecule has 0 saturated carbocycles. The summed E-state index contributed by atoms with van der Waals surface area (Å²) in [6, 6.07) is 16.5. The SMILES string of the molecule is CC1=C(N)C(=NO)CC=C1c1ncccc1C(=O)Nc1ccc(-c2ccccc2S(N)(=O)=O)cc1. The Hall–Kier alpha value is -4.28. The van der Waals surface area contributed by atoms with Crippen LogP contribution < -0.4 is 16.2 Å². The van der Waals surface area contributed by atoms with E-state index in [0.717, 1.165) is 0 Å². The quantitative estimate of drug-likeness (QED) is 0.317. The number of oxime groups is 1. The molecule has 3 aromatic rings. The number of carbonyl (C=O) groups excluding carboxylic acids is 1. The van der Waals surface area contributed by atoms with E-state index in [1.807, 2.05) is 6.08 Å². The third kappa shape index (κ3) is 4.84.